The summed E-state index contributed by atoms with van der Waals surface area (Å²) >= 11 is 1.68. The summed E-state index contributed by atoms with van der Waals surface area (Å²) in [7, 11) is 1.60. The summed E-state index contributed by atoms with van der Waals surface area (Å²) in [6.07, 6.45) is 0.750. The van der Waals surface area contributed by atoms with Gasteiger partial charge in [-0.1, -0.05) is 32.0 Å². The molecule has 0 aliphatic carbocycles. The van der Waals surface area contributed by atoms with Crippen LogP contribution in [0.1, 0.15) is 40.7 Å². The van der Waals surface area contributed by atoms with E-state index >= 15 is 0 Å². The monoisotopic (exact) mass is 510 g/mol. The van der Waals surface area contributed by atoms with Crippen LogP contribution >= 0.6 is 11.3 Å². The number of methoxy groups -OCH3 is 1. The Labute approximate surface area is 215 Å². The van der Waals surface area contributed by atoms with Gasteiger partial charge in [-0.3, -0.25) is 9.59 Å². The highest BCUT2D eigenvalue weighted by Gasteiger charge is 2.34. The quantitative estimate of drug-likeness (QED) is 0.397. The van der Waals surface area contributed by atoms with Gasteiger partial charge in [-0.05, 0) is 53.6 Å². The normalized spacial score (nSPS) is 14.9. The number of carbonyl (C=O) groups is 2. The third kappa shape index (κ3) is 5.87. The molecule has 8 heteroatoms. The molecule has 1 aliphatic heterocycles. The molecule has 0 unspecified atom stereocenters. The molecule has 1 aliphatic rings. The second kappa shape index (κ2) is 11.6. The van der Waals surface area contributed by atoms with Crippen LogP contribution < -0.4 is 9.47 Å². The number of hydrogen-bond donors (Lipinski definition) is 0. The first-order valence-corrected chi connectivity index (χ1v) is 12.9. The van der Waals surface area contributed by atoms with E-state index in [1.807, 2.05) is 43.5 Å². The average Bonchev–Trinajstić information content (AvgIpc) is 3.36. The van der Waals surface area contributed by atoms with Crippen LogP contribution in [0.4, 0.5) is 4.39 Å². The van der Waals surface area contributed by atoms with Gasteiger partial charge in [-0.2, -0.15) is 0 Å². The van der Waals surface area contributed by atoms with E-state index in [0.29, 0.717) is 24.6 Å². The Kier molecular flexibility index (Phi) is 8.25. The minimum atomic E-state index is -0.589. The van der Waals surface area contributed by atoms with Gasteiger partial charge in [0.1, 0.15) is 30.5 Å². The van der Waals surface area contributed by atoms with Crippen LogP contribution in [0.2, 0.25) is 0 Å². The number of hydrogen-bond acceptors (Lipinski definition) is 5. The molecule has 6 nitrogen and oxygen atoms in total. The lowest BCUT2D eigenvalue weighted by molar-refractivity contribution is -0.135. The number of halogens is 1. The highest BCUT2D eigenvalue weighted by Crippen LogP contribution is 2.34. The van der Waals surface area contributed by atoms with E-state index in [2.05, 4.69) is 0 Å². The number of benzene rings is 2. The average molecular weight is 511 g/mol. The van der Waals surface area contributed by atoms with Crippen molar-refractivity contribution in [2.45, 2.75) is 26.3 Å². The first-order chi connectivity index (χ1) is 17.4. The molecule has 0 N–H and O–H groups in total. The molecular formula is C28H31FN2O4S. The molecule has 2 amide bonds. The Balaban J connectivity index is 1.54. The van der Waals surface area contributed by atoms with E-state index in [1.165, 1.54) is 21.9 Å². The fraction of sp³-hybridized carbons (Fsp3) is 0.357. The Morgan fingerprint density at radius 2 is 1.92 bits per heavy atom. The van der Waals surface area contributed by atoms with Crippen molar-refractivity contribution >= 4 is 23.2 Å². The zero-order valence-corrected chi connectivity index (χ0v) is 21.6. The Hall–Kier alpha value is -3.39. The Morgan fingerprint density at radius 3 is 2.67 bits per heavy atom. The van der Waals surface area contributed by atoms with Crippen molar-refractivity contribution in [1.82, 2.24) is 9.80 Å². The Bertz CT molecular complexity index is 1210. The van der Waals surface area contributed by atoms with E-state index < -0.39 is 11.7 Å². The van der Waals surface area contributed by atoms with Gasteiger partial charge in [0.25, 0.3) is 5.91 Å². The maximum atomic E-state index is 14.4. The first kappa shape index (κ1) is 25.7. The number of ether oxygens (including phenoxy) is 2. The van der Waals surface area contributed by atoms with Crippen LogP contribution in [-0.4, -0.2) is 55.0 Å². The van der Waals surface area contributed by atoms with Crippen molar-refractivity contribution < 1.29 is 23.5 Å². The van der Waals surface area contributed by atoms with Crippen molar-refractivity contribution in [1.29, 1.82) is 0 Å². The van der Waals surface area contributed by atoms with Gasteiger partial charge >= 0.3 is 0 Å². The third-order valence-corrected chi connectivity index (χ3v) is 7.16. The third-order valence-electron chi connectivity index (χ3n) is 6.17. The standard InChI is InChI=1S/C28H31FN2O4S/c1-19(2)16-30(28(33)22-9-4-5-10-24(22)29)17-27(32)31-13-11-26-23(12-14-36-26)25(31)18-35-21-8-6-7-20(15-21)34-3/h4-10,12,14-15,19,25H,11,13,16-18H2,1-3H3/t25-/m1/s1. The van der Waals surface area contributed by atoms with Gasteiger partial charge in [-0.15, -0.1) is 11.3 Å². The molecule has 3 aromatic rings. The summed E-state index contributed by atoms with van der Waals surface area (Å²) in [6, 6.07) is 15.0. The number of carbonyl (C=O) groups excluding carboxylic acids is 2. The molecule has 0 fully saturated rings. The summed E-state index contributed by atoms with van der Waals surface area (Å²) in [6.45, 7) is 4.96. The van der Waals surface area contributed by atoms with Crippen molar-refractivity contribution in [3.8, 4) is 11.5 Å². The molecule has 190 valence electrons. The topological polar surface area (TPSA) is 59.1 Å². The zero-order chi connectivity index (χ0) is 25.7. The second-order valence-corrected chi connectivity index (χ2v) is 10.2. The Morgan fingerprint density at radius 1 is 1.14 bits per heavy atom. The van der Waals surface area contributed by atoms with Crippen LogP contribution in [-0.2, 0) is 11.2 Å². The predicted molar refractivity (Wildman–Crippen MR) is 138 cm³/mol. The highest BCUT2D eigenvalue weighted by molar-refractivity contribution is 7.10. The van der Waals surface area contributed by atoms with E-state index in [-0.39, 0.29) is 36.6 Å². The van der Waals surface area contributed by atoms with Crippen molar-refractivity contribution in [3.63, 3.8) is 0 Å². The number of fused-ring (bicyclic) bond motifs is 1. The largest absolute Gasteiger partial charge is 0.497 e. The summed E-state index contributed by atoms with van der Waals surface area (Å²) in [4.78, 5) is 31.3. The van der Waals surface area contributed by atoms with Gasteiger partial charge in [0.2, 0.25) is 5.91 Å². The van der Waals surface area contributed by atoms with Crippen LogP contribution in [0.3, 0.4) is 0 Å². The van der Waals surface area contributed by atoms with Crippen LogP contribution in [0.5, 0.6) is 11.5 Å². The number of thiophene rings is 1. The van der Waals surface area contributed by atoms with Crippen LogP contribution in [0.25, 0.3) is 0 Å². The first-order valence-electron chi connectivity index (χ1n) is 12.0. The molecule has 0 saturated carbocycles. The van der Waals surface area contributed by atoms with Crippen molar-refractivity contribution in [3.05, 3.63) is 81.8 Å². The molecule has 36 heavy (non-hydrogen) atoms. The van der Waals surface area contributed by atoms with E-state index in [9.17, 15) is 14.0 Å². The molecule has 1 aromatic heterocycles. The lowest BCUT2D eigenvalue weighted by atomic mass is 10.00. The highest BCUT2D eigenvalue weighted by atomic mass is 32.1. The lowest BCUT2D eigenvalue weighted by Gasteiger charge is -2.37. The molecule has 0 spiro atoms. The lowest BCUT2D eigenvalue weighted by Crippen LogP contribution is -2.48. The second-order valence-electron chi connectivity index (χ2n) is 9.20. The molecular weight excluding hydrogens is 479 g/mol. The molecule has 2 aromatic carbocycles. The van der Waals surface area contributed by atoms with E-state index in [0.717, 1.165) is 12.0 Å². The maximum Gasteiger partial charge on any atom is 0.257 e. The summed E-state index contributed by atoms with van der Waals surface area (Å²) < 4.78 is 25.8. The SMILES string of the molecule is COc1cccc(OC[C@@H]2c3ccsc3CCN2C(=O)CN(CC(C)C)C(=O)c2ccccc2F)c1. The smallest absolute Gasteiger partial charge is 0.257 e. The van der Waals surface area contributed by atoms with Gasteiger partial charge < -0.3 is 19.3 Å². The van der Waals surface area contributed by atoms with Gasteiger partial charge in [-0.25, -0.2) is 4.39 Å². The molecule has 0 radical (unpaired) electrons. The van der Waals surface area contributed by atoms with Crippen molar-refractivity contribution in [2.24, 2.45) is 5.92 Å². The van der Waals surface area contributed by atoms with Gasteiger partial charge in [0.05, 0.1) is 18.7 Å². The van der Waals surface area contributed by atoms with Crippen LogP contribution in [0, 0.1) is 11.7 Å². The summed E-state index contributed by atoms with van der Waals surface area (Å²) in [5.41, 5.74) is 1.04. The summed E-state index contributed by atoms with van der Waals surface area (Å²) in [5.74, 6) is 0.209. The molecule has 4 rings (SSSR count). The van der Waals surface area contributed by atoms with Crippen molar-refractivity contribution in [2.75, 3.05) is 33.4 Å². The molecule has 0 saturated heterocycles. The number of rotatable bonds is 9. The minimum absolute atomic E-state index is 0.0253. The molecule has 1 atom stereocenters. The maximum absolute atomic E-state index is 14.4. The molecule has 0 bridgehead atoms. The summed E-state index contributed by atoms with van der Waals surface area (Å²) in [5, 5.41) is 2.03. The predicted octanol–water partition coefficient (Wildman–Crippen LogP) is 5.20. The minimum Gasteiger partial charge on any atom is -0.497 e. The fourth-order valence-electron chi connectivity index (χ4n) is 4.46. The van der Waals surface area contributed by atoms with E-state index in [1.54, 1.807) is 41.5 Å². The zero-order valence-electron chi connectivity index (χ0n) is 20.8. The van der Waals surface area contributed by atoms with Crippen LogP contribution in [0.15, 0.2) is 60.0 Å². The number of nitrogens with zero attached hydrogens (tertiary/aromatic N) is 2. The van der Waals surface area contributed by atoms with Gasteiger partial charge in [0.15, 0.2) is 0 Å². The van der Waals surface area contributed by atoms with Gasteiger partial charge in [0, 0.05) is 24.0 Å². The fourth-order valence-corrected chi connectivity index (χ4v) is 5.39. The number of amides is 2. The van der Waals surface area contributed by atoms with E-state index in [4.69, 9.17) is 9.47 Å². The molecule has 2 heterocycles.